The molecule has 0 aliphatic rings. The Labute approximate surface area is 139 Å². The third-order valence-electron chi connectivity index (χ3n) is 3.29. The number of nitrogens with zero attached hydrogens (tertiary/aromatic N) is 4. The van der Waals surface area contributed by atoms with Gasteiger partial charge < -0.3 is 0 Å². The van der Waals surface area contributed by atoms with Crippen LogP contribution in [0, 0.1) is 0 Å². The fraction of sp³-hybridized carbons (Fsp3) is 0. The van der Waals surface area contributed by atoms with E-state index in [2.05, 4.69) is 15.1 Å². The molecule has 3 heterocycles. The minimum Gasteiger partial charge on any atom is -0.266 e. The number of halogens is 1. The molecule has 4 aromatic rings. The Hall–Kier alpha value is -2.57. The molecule has 0 aliphatic carbocycles. The predicted octanol–water partition coefficient (Wildman–Crippen LogP) is 2.41. The van der Waals surface area contributed by atoms with Crippen LogP contribution < -0.4 is 10.1 Å². The molecule has 0 saturated carbocycles. The Morgan fingerprint density at radius 1 is 1.09 bits per heavy atom. The monoisotopic (exact) mass is 340 g/mol. The Balaban J connectivity index is 1.82. The van der Waals surface area contributed by atoms with Crippen LogP contribution in [0.4, 0.5) is 0 Å². The Morgan fingerprint density at radius 2 is 1.83 bits per heavy atom. The third kappa shape index (κ3) is 2.62. The van der Waals surface area contributed by atoms with Crippen molar-refractivity contribution in [3.63, 3.8) is 0 Å². The van der Waals surface area contributed by atoms with E-state index in [0.29, 0.717) is 20.3 Å². The van der Waals surface area contributed by atoms with E-state index in [9.17, 15) is 4.79 Å². The number of thiazole rings is 1. The van der Waals surface area contributed by atoms with Gasteiger partial charge in [-0.3, -0.25) is 9.78 Å². The highest BCUT2D eigenvalue weighted by Crippen LogP contribution is 2.15. The van der Waals surface area contributed by atoms with Crippen molar-refractivity contribution in [1.29, 1.82) is 0 Å². The quantitative estimate of drug-likeness (QED) is 0.562. The fourth-order valence-electron chi connectivity index (χ4n) is 2.17. The van der Waals surface area contributed by atoms with Gasteiger partial charge in [-0.15, -0.1) is 5.10 Å². The van der Waals surface area contributed by atoms with Crippen molar-refractivity contribution in [1.82, 2.24) is 19.6 Å². The SMILES string of the molecule is O=c1/c(=C\c2ccc(Cl)cc2)sc2nc(-c3ccncc3)nn12. The minimum atomic E-state index is -0.173. The molecular formula is C16H9ClN4OS. The summed E-state index contributed by atoms with van der Waals surface area (Å²) in [6, 6.07) is 10.9. The maximum absolute atomic E-state index is 12.4. The van der Waals surface area contributed by atoms with Crippen molar-refractivity contribution in [3.8, 4) is 11.4 Å². The first-order valence-corrected chi connectivity index (χ1v) is 7.97. The Kier molecular flexibility index (Phi) is 3.40. The van der Waals surface area contributed by atoms with E-state index in [4.69, 9.17) is 11.6 Å². The number of aromatic nitrogens is 4. The topological polar surface area (TPSA) is 60.2 Å². The van der Waals surface area contributed by atoms with Crippen LogP contribution in [0.15, 0.2) is 53.6 Å². The summed E-state index contributed by atoms with van der Waals surface area (Å²) in [4.78, 5) is 21.4. The normalized spacial score (nSPS) is 12.1. The highest BCUT2D eigenvalue weighted by atomic mass is 35.5. The van der Waals surface area contributed by atoms with Gasteiger partial charge in [0.25, 0.3) is 5.56 Å². The van der Waals surface area contributed by atoms with Gasteiger partial charge in [-0.2, -0.15) is 9.50 Å². The molecule has 0 atom stereocenters. The summed E-state index contributed by atoms with van der Waals surface area (Å²) in [5.74, 6) is 0.522. The van der Waals surface area contributed by atoms with Gasteiger partial charge >= 0.3 is 0 Å². The second-order valence-electron chi connectivity index (χ2n) is 4.83. The molecule has 0 aliphatic heterocycles. The smallest absolute Gasteiger partial charge is 0.266 e. The first kappa shape index (κ1) is 14.0. The average molecular weight is 341 g/mol. The van der Waals surface area contributed by atoms with Crippen molar-refractivity contribution in [2.45, 2.75) is 0 Å². The van der Waals surface area contributed by atoms with E-state index in [1.54, 1.807) is 24.5 Å². The lowest BCUT2D eigenvalue weighted by Gasteiger charge is -1.92. The number of benzene rings is 1. The van der Waals surface area contributed by atoms with Crippen LogP contribution in [-0.4, -0.2) is 19.6 Å². The molecule has 4 rings (SSSR count). The van der Waals surface area contributed by atoms with E-state index in [1.165, 1.54) is 15.9 Å². The van der Waals surface area contributed by atoms with Crippen LogP contribution in [0.3, 0.4) is 0 Å². The first-order chi connectivity index (χ1) is 11.2. The van der Waals surface area contributed by atoms with E-state index in [-0.39, 0.29) is 5.56 Å². The van der Waals surface area contributed by atoms with Gasteiger partial charge in [0.1, 0.15) is 0 Å². The Bertz CT molecular complexity index is 1090. The van der Waals surface area contributed by atoms with E-state index in [0.717, 1.165) is 11.1 Å². The van der Waals surface area contributed by atoms with Crippen LogP contribution in [0.25, 0.3) is 22.4 Å². The summed E-state index contributed by atoms with van der Waals surface area (Å²) < 4.78 is 1.92. The van der Waals surface area contributed by atoms with Crippen LogP contribution in [-0.2, 0) is 0 Å². The summed E-state index contributed by atoms with van der Waals surface area (Å²) >= 11 is 7.18. The molecular weight excluding hydrogens is 332 g/mol. The van der Waals surface area contributed by atoms with Gasteiger partial charge in [-0.1, -0.05) is 35.1 Å². The highest BCUT2D eigenvalue weighted by Gasteiger charge is 2.11. The van der Waals surface area contributed by atoms with Gasteiger partial charge in [0.2, 0.25) is 4.96 Å². The maximum atomic E-state index is 12.4. The molecule has 0 spiro atoms. The van der Waals surface area contributed by atoms with Crippen LogP contribution >= 0.6 is 22.9 Å². The van der Waals surface area contributed by atoms with Crippen LogP contribution in [0.5, 0.6) is 0 Å². The molecule has 23 heavy (non-hydrogen) atoms. The summed E-state index contributed by atoms with van der Waals surface area (Å²) in [6.45, 7) is 0. The summed E-state index contributed by atoms with van der Waals surface area (Å²) in [6.07, 6.45) is 5.15. The molecule has 0 N–H and O–H groups in total. The van der Waals surface area contributed by atoms with E-state index in [1.807, 2.05) is 30.3 Å². The zero-order valence-corrected chi connectivity index (χ0v) is 13.3. The second-order valence-corrected chi connectivity index (χ2v) is 6.28. The minimum absolute atomic E-state index is 0.173. The molecule has 112 valence electrons. The maximum Gasteiger partial charge on any atom is 0.291 e. The summed E-state index contributed by atoms with van der Waals surface area (Å²) in [7, 11) is 0. The molecule has 0 amide bonds. The molecule has 3 aromatic heterocycles. The van der Waals surface area contributed by atoms with E-state index < -0.39 is 0 Å². The summed E-state index contributed by atoms with van der Waals surface area (Å²) in [5, 5.41) is 4.95. The van der Waals surface area contributed by atoms with Gasteiger partial charge in [0.15, 0.2) is 5.82 Å². The van der Waals surface area contributed by atoms with Crippen molar-refractivity contribution >= 4 is 34.0 Å². The van der Waals surface area contributed by atoms with Crippen LogP contribution in [0.2, 0.25) is 5.02 Å². The first-order valence-electron chi connectivity index (χ1n) is 6.78. The molecule has 0 bridgehead atoms. The lowest BCUT2D eigenvalue weighted by molar-refractivity contribution is 0.936. The fourth-order valence-corrected chi connectivity index (χ4v) is 3.20. The molecule has 0 saturated heterocycles. The lowest BCUT2D eigenvalue weighted by atomic mass is 10.2. The molecule has 0 radical (unpaired) electrons. The zero-order chi connectivity index (χ0) is 15.8. The number of hydrogen-bond acceptors (Lipinski definition) is 5. The molecule has 0 fully saturated rings. The molecule has 0 unspecified atom stereocenters. The number of pyridine rings is 1. The third-order valence-corrected chi connectivity index (χ3v) is 4.50. The number of fused-ring (bicyclic) bond motifs is 1. The summed E-state index contributed by atoms with van der Waals surface area (Å²) in [5.41, 5.74) is 1.57. The van der Waals surface area contributed by atoms with Gasteiger partial charge in [-0.05, 0) is 35.9 Å². The predicted molar refractivity (Wildman–Crippen MR) is 90.6 cm³/mol. The van der Waals surface area contributed by atoms with E-state index >= 15 is 0 Å². The Morgan fingerprint density at radius 3 is 2.52 bits per heavy atom. The number of hydrogen-bond donors (Lipinski definition) is 0. The average Bonchev–Trinajstić information content (AvgIpc) is 3.11. The van der Waals surface area contributed by atoms with Crippen LogP contribution in [0.1, 0.15) is 5.56 Å². The largest absolute Gasteiger partial charge is 0.291 e. The molecule has 7 heteroatoms. The standard InChI is InChI=1S/C16H9ClN4OS/c17-12-3-1-10(2-4-12)9-13-15(22)21-16(23-13)19-14(20-21)11-5-7-18-8-6-11/h1-9H/b13-9+. The zero-order valence-electron chi connectivity index (χ0n) is 11.7. The second kappa shape index (κ2) is 5.57. The van der Waals surface area contributed by atoms with Gasteiger partial charge in [0.05, 0.1) is 4.53 Å². The lowest BCUT2D eigenvalue weighted by Crippen LogP contribution is -2.23. The number of rotatable bonds is 2. The van der Waals surface area contributed by atoms with Gasteiger partial charge in [-0.25, -0.2) is 0 Å². The molecule has 1 aromatic carbocycles. The van der Waals surface area contributed by atoms with Crippen molar-refractivity contribution < 1.29 is 0 Å². The van der Waals surface area contributed by atoms with Crippen molar-refractivity contribution in [3.05, 3.63) is 74.3 Å². The van der Waals surface area contributed by atoms with Crippen molar-refractivity contribution in [2.24, 2.45) is 0 Å². The highest BCUT2D eigenvalue weighted by molar-refractivity contribution is 7.15. The molecule has 5 nitrogen and oxygen atoms in total. The van der Waals surface area contributed by atoms with Crippen molar-refractivity contribution in [2.75, 3.05) is 0 Å². The van der Waals surface area contributed by atoms with Gasteiger partial charge in [0, 0.05) is 23.0 Å².